The number of nitrogens with zero attached hydrogens (tertiary/aromatic N) is 1. The number of nitrogens with one attached hydrogen (secondary N) is 1. The van der Waals surface area contributed by atoms with Gasteiger partial charge in [0.1, 0.15) is 0 Å². The zero-order valence-electron chi connectivity index (χ0n) is 15.7. The fraction of sp³-hybridized carbons (Fsp3) is 0.333. The third-order valence-corrected chi connectivity index (χ3v) is 5.67. The smallest absolute Gasteiger partial charge is 0.0741 e. The Bertz CT molecular complexity index is 562. The summed E-state index contributed by atoms with van der Waals surface area (Å²) in [5.41, 5.74) is 2.07. The topological polar surface area (TPSA) is 15.3 Å². The molecule has 0 saturated heterocycles. The van der Waals surface area contributed by atoms with Gasteiger partial charge in [-0.15, -0.1) is 8.58 Å². The maximum Gasteiger partial charge on any atom is 0.0741 e. The van der Waals surface area contributed by atoms with Crippen LogP contribution in [0.5, 0.6) is 0 Å². The molecule has 0 aromatic rings. The third-order valence-electron chi connectivity index (χ3n) is 3.58. The van der Waals surface area contributed by atoms with E-state index in [1.165, 1.54) is 5.57 Å². The van der Waals surface area contributed by atoms with Gasteiger partial charge in [0.15, 0.2) is 0 Å². The quantitative estimate of drug-likeness (QED) is 0.196. The summed E-state index contributed by atoms with van der Waals surface area (Å²) in [5.74, 6) is 0. The summed E-state index contributed by atoms with van der Waals surface area (Å²) < 4.78 is 0. The van der Waals surface area contributed by atoms with E-state index in [9.17, 15) is 0 Å². The molecule has 0 aliphatic rings. The van der Waals surface area contributed by atoms with Gasteiger partial charge in [0.2, 0.25) is 0 Å². The average Bonchev–Trinajstić information content (AvgIpc) is 2.66. The van der Waals surface area contributed by atoms with Gasteiger partial charge >= 0.3 is 0 Å². The minimum Gasteiger partial charge on any atom is -0.390 e. The maximum atomic E-state index is 6.41. The molecular weight excluding hydrogens is 382 g/mol. The second kappa shape index (κ2) is 16.0. The van der Waals surface area contributed by atoms with Crippen LogP contribution in [0.2, 0.25) is 0 Å². The van der Waals surface area contributed by atoms with E-state index in [1.807, 2.05) is 31.2 Å². The van der Waals surface area contributed by atoms with E-state index in [-0.39, 0.29) is 0 Å². The maximum absolute atomic E-state index is 6.41. The highest BCUT2D eigenvalue weighted by Gasteiger charge is 2.15. The van der Waals surface area contributed by atoms with E-state index in [1.54, 1.807) is 12.3 Å². The lowest BCUT2D eigenvalue weighted by Crippen LogP contribution is -2.32. The molecule has 0 bridgehead atoms. The molecule has 0 aromatic heterocycles. The Morgan fingerprint density at radius 2 is 1.85 bits per heavy atom. The lowest BCUT2D eigenvalue weighted by Gasteiger charge is -2.28. The van der Waals surface area contributed by atoms with Crippen LogP contribution in [0.3, 0.4) is 0 Å². The minimum absolute atomic E-state index is 0.567. The van der Waals surface area contributed by atoms with Gasteiger partial charge in [-0.3, -0.25) is 0 Å². The molecule has 26 heavy (non-hydrogen) atoms. The largest absolute Gasteiger partial charge is 0.390 e. The van der Waals surface area contributed by atoms with Crippen molar-refractivity contribution >= 4 is 31.8 Å². The number of allylic oxidation sites excluding steroid dienone is 8. The van der Waals surface area contributed by atoms with Gasteiger partial charge in [-0.05, 0) is 43.5 Å². The Morgan fingerprint density at radius 1 is 1.12 bits per heavy atom. The number of hydrogen-bond acceptors (Lipinski definition) is 2. The van der Waals surface area contributed by atoms with Crippen LogP contribution in [-0.2, 0) is 0 Å². The van der Waals surface area contributed by atoms with E-state index < -0.39 is 0 Å². The van der Waals surface area contributed by atoms with Crippen LogP contribution < -0.4 is 5.32 Å². The first-order chi connectivity index (χ1) is 12.5. The lowest BCUT2D eigenvalue weighted by molar-refractivity contribution is 0.355. The van der Waals surface area contributed by atoms with Gasteiger partial charge in [-0.25, -0.2) is 0 Å². The molecule has 0 fully saturated rings. The van der Waals surface area contributed by atoms with E-state index in [4.69, 9.17) is 23.2 Å². The molecular formula is C21H31Cl2N2P. The van der Waals surface area contributed by atoms with Crippen LogP contribution in [0.1, 0.15) is 13.3 Å². The van der Waals surface area contributed by atoms with Crippen LogP contribution in [-0.4, -0.2) is 36.9 Å². The summed E-state index contributed by atoms with van der Waals surface area (Å²) in [6, 6.07) is 0. The SMILES string of the molecule is C=C/C=C(\C=C)CPCCCN(CCNC=C)C(=C(\Cl)C=C)/C(Cl)=C\C. The van der Waals surface area contributed by atoms with Crippen LogP contribution in [0.25, 0.3) is 0 Å². The lowest BCUT2D eigenvalue weighted by atomic mass is 10.2. The molecule has 0 heterocycles. The van der Waals surface area contributed by atoms with E-state index in [0.29, 0.717) is 10.1 Å². The molecule has 0 aromatic carbocycles. The number of hydrogen-bond donors (Lipinski definition) is 1. The fourth-order valence-electron chi connectivity index (χ4n) is 2.26. The zero-order chi connectivity index (χ0) is 19.8. The molecule has 1 unspecified atom stereocenters. The van der Waals surface area contributed by atoms with E-state index in [0.717, 1.165) is 52.7 Å². The Morgan fingerprint density at radius 3 is 2.38 bits per heavy atom. The number of rotatable bonds is 15. The van der Waals surface area contributed by atoms with Crippen molar-refractivity contribution in [2.24, 2.45) is 0 Å². The summed E-state index contributed by atoms with van der Waals surface area (Å²) in [6.45, 7) is 19.4. The second-order valence-corrected chi connectivity index (χ2v) is 7.56. The molecule has 0 radical (unpaired) electrons. The van der Waals surface area contributed by atoms with Crippen molar-refractivity contribution < 1.29 is 0 Å². The average molecular weight is 413 g/mol. The second-order valence-electron chi connectivity index (χ2n) is 5.39. The molecule has 1 atom stereocenters. The fourth-order valence-corrected chi connectivity index (χ4v) is 3.89. The van der Waals surface area contributed by atoms with Gasteiger partial charge in [-0.1, -0.05) is 73.8 Å². The van der Waals surface area contributed by atoms with Gasteiger partial charge in [0.25, 0.3) is 0 Å². The van der Waals surface area contributed by atoms with Crippen LogP contribution in [0.15, 0.2) is 84.2 Å². The molecule has 0 rings (SSSR count). The highest BCUT2D eigenvalue weighted by atomic mass is 35.5. The summed E-state index contributed by atoms with van der Waals surface area (Å²) in [7, 11) is 0.852. The molecule has 0 aliphatic heterocycles. The highest BCUT2D eigenvalue weighted by molar-refractivity contribution is 7.38. The predicted molar refractivity (Wildman–Crippen MR) is 124 cm³/mol. The van der Waals surface area contributed by atoms with Crippen molar-refractivity contribution in [3.05, 3.63) is 84.2 Å². The summed E-state index contributed by atoms with van der Waals surface area (Å²) in [5, 5.41) is 4.33. The summed E-state index contributed by atoms with van der Waals surface area (Å²) >= 11 is 12.8. The van der Waals surface area contributed by atoms with Crippen molar-refractivity contribution in [1.82, 2.24) is 10.2 Å². The molecule has 1 N–H and O–H groups in total. The van der Waals surface area contributed by atoms with Crippen molar-refractivity contribution in [3.63, 3.8) is 0 Å². The predicted octanol–water partition coefficient (Wildman–Crippen LogP) is 6.17. The standard InChI is InChI=1S/C21H31Cl2N2P/c1-6-12-18(7-2)17-26-16-11-14-25(15-13-24-10-5)21(19(22)8-3)20(23)9-4/h6-10,12,24,26H,1-3,5,11,13-17H2,4H3/b18-12+,20-9+,21-19-. The first-order valence-electron chi connectivity index (χ1n) is 8.64. The van der Waals surface area contributed by atoms with Crippen LogP contribution in [0.4, 0.5) is 0 Å². The third kappa shape index (κ3) is 10.1. The van der Waals surface area contributed by atoms with Crippen molar-refractivity contribution in [1.29, 1.82) is 0 Å². The van der Waals surface area contributed by atoms with Crippen molar-refractivity contribution in [3.8, 4) is 0 Å². The van der Waals surface area contributed by atoms with Gasteiger partial charge in [0, 0.05) is 19.6 Å². The Hall–Kier alpha value is -1.21. The van der Waals surface area contributed by atoms with Gasteiger partial charge in [-0.2, -0.15) is 0 Å². The van der Waals surface area contributed by atoms with E-state index in [2.05, 4.69) is 36.5 Å². The summed E-state index contributed by atoms with van der Waals surface area (Å²) in [6.07, 6.45) is 14.1. The van der Waals surface area contributed by atoms with Gasteiger partial charge in [0.05, 0.1) is 15.8 Å². The normalized spacial score (nSPS) is 13.3. The molecule has 2 nitrogen and oxygen atoms in total. The van der Waals surface area contributed by atoms with Crippen molar-refractivity contribution in [2.45, 2.75) is 13.3 Å². The first-order valence-corrected chi connectivity index (χ1v) is 10.8. The Balaban J connectivity index is 4.90. The van der Waals surface area contributed by atoms with Crippen molar-refractivity contribution in [2.75, 3.05) is 32.0 Å². The Labute approximate surface area is 171 Å². The molecule has 0 spiro atoms. The number of halogens is 2. The molecule has 5 heteroatoms. The van der Waals surface area contributed by atoms with Gasteiger partial charge < -0.3 is 10.2 Å². The Kier molecular flexibility index (Phi) is 15.3. The molecule has 0 aliphatic carbocycles. The van der Waals surface area contributed by atoms with E-state index >= 15 is 0 Å². The van der Waals surface area contributed by atoms with Crippen LogP contribution >= 0.6 is 31.8 Å². The first kappa shape index (κ1) is 24.8. The van der Waals surface area contributed by atoms with Crippen LogP contribution in [0, 0.1) is 0 Å². The summed E-state index contributed by atoms with van der Waals surface area (Å²) in [4.78, 5) is 2.21. The molecule has 0 amide bonds. The minimum atomic E-state index is 0.567. The molecule has 144 valence electrons. The monoisotopic (exact) mass is 412 g/mol. The highest BCUT2D eigenvalue weighted by Crippen LogP contribution is 2.26. The molecule has 0 saturated carbocycles. The zero-order valence-corrected chi connectivity index (χ0v) is 18.3.